The van der Waals surface area contributed by atoms with Crippen LogP contribution in [0.4, 0.5) is 30.3 Å². The fourth-order valence-corrected chi connectivity index (χ4v) is 11.6. The third-order valence-electron chi connectivity index (χ3n) is 14.2. The number of carbonyl (C=O) groups excluding carboxylic acids is 2. The van der Waals surface area contributed by atoms with Crippen LogP contribution in [0.15, 0.2) is 67.8 Å². The van der Waals surface area contributed by atoms with Crippen molar-refractivity contribution in [3.63, 3.8) is 0 Å². The van der Waals surface area contributed by atoms with E-state index in [0.29, 0.717) is 99.1 Å². The van der Waals surface area contributed by atoms with E-state index < -0.39 is 11.6 Å². The van der Waals surface area contributed by atoms with Crippen LogP contribution in [-0.2, 0) is 39.3 Å². The number of nitrogens with zero attached hydrogens (tertiary/aromatic N) is 11. The van der Waals surface area contributed by atoms with Gasteiger partial charge < -0.3 is 41.8 Å². The highest BCUT2D eigenvalue weighted by molar-refractivity contribution is 6.37. The van der Waals surface area contributed by atoms with Gasteiger partial charge in [-0.3, -0.25) is 13.9 Å². The predicted octanol–water partition coefficient (Wildman–Crippen LogP) is 8.07. The first-order chi connectivity index (χ1) is 36.1. The molecular weight excluding hydrogens is 1060 g/mol. The van der Waals surface area contributed by atoms with E-state index in [1.165, 1.54) is 51.9 Å². The molecule has 0 spiro atoms. The van der Waals surface area contributed by atoms with Gasteiger partial charge in [-0.25, -0.2) is 43.3 Å². The Balaban J connectivity index is 0.000000132. The van der Waals surface area contributed by atoms with Crippen LogP contribution in [0.2, 0.25) is 20.1 Å². The van der Waals surface area contributed by atoms with E-state index in [1.54, 1.807) is 41.6 Å². The summed E-state index contributed by atoms with van der Waals surface area (Å²) in [5.74, 6) is 1.93. The van der Waals surface area contributed by atoms with Crippen LogP contribution in [0, 0.1) is 23.5 Å². The molecule has 0 saturated heterocycles. The third kappa shape index (κ3) is 10.6. The second-order valence-corrected chi connectivity index (χ2v) is 21.3. The number of aromatic nitrogens is 10. The van der Waals surface area contributed by atoms with E-state index in [4.69, 9.17) is 67.3 Å². The summed E-state index contributed by atoms with van der Waals surface area (Å²) >= 11 is 25.5. The van der Waals surface area contributed by atoms with Gasteiger partial charge in [-0.2, -0.15) is 10.2 Å². The fraction of sp³-hybridized carbons (Fsp3) is 0.367. The van der Waals surface area contributed by atoms with Gasteiger partial charge >= 0.3 is 12.1 Å². The molecule has 75 heavy (non-hydrogen) atoms. The molecule has 7 heterocycles. The highest BCUT2D eigenvalue weighted by atomic mass is 35.5. The number of fused-ring (bicyclic) bond motifs is 2. The lowest BCUT2D eigenvalue weighted by Crippen LogP contribution is -2.69. The number of nitrogen functional groups attached to an aromatic ring is 2. The summed E-state index contributed by atoms with van der Waals surface area (Å²) in [6.07, 6.45) is 16.3. The predicted molar refractivity (Wildman–Crippen MR) is 274 cm³/mol. The van der Waals surface area contributed by atoms with E-state index in [-0.39, 0.29) is 48.3 Å². The Morgan fingerprint density at radius 2 is 1.21 bits per heavy atom. The lowest BCUT2D eigenvalue weighted by molar-refractivity contribution is -0.0434. The average Bonchev–Trinajstić information content (AvgIpc) is 4.19. The lowest BCUT2D eigenvalue weighted by Gasteiger charge is -2.61. The molecule has 0 unspecified atom stereocenters. The summed E-state index contributed by atoms with van der Waals surface area (Å²) in [5.41, 5.74) is 17.4. The number of hydrogen-bond donors (Lipinski definition) is 5. The molecule has 8 aliphatic rings. The molecule has 0 radical (unpaired) electrons. The maximum atomic E-state index is 13.2. The minimum atomic E-state index is -0.425. The molecule has 26 heteroatoms. The van der Waals surface area contributed by atoms with Gasteiger partial charge in [-0.15, -0.1) is 0 Å². The smallest absolute Gasteiger partial charge is 0.327 e. The second-order valence-electron chi connectivity index (χ2n) is 19.6. The molecular formula is C49H48Cl4F2N16O4. The van der Waals surface area contributed by atoms with Gasteiger partial charge in [0, 0.05) is 57.7 Å². The molecule has 20 nitrogen and oxygen atoms in total. The van der Waals surface area contributed by atoms with Crippen molar-refractivity contribution < 1.29 is 27.8 Å². The minimum Gasteiger partial charge on any atom is -0.491 e. The third-order valence-corrected chi connectivity index (χ3v) is 15.3. The average molecular weight is 1100 g/mol. The zero-order valence-electron chi connectivity index (χ0n) is 39.9. The molecule has 7 aromatic rings. The summed E-state index contributed by atoms with van der Waals surface area (Å²) in [4.78, 5) is 47.6. The number of carbonyl (C=O) groups is 2. The number of nitrogens with one attached hydrogen (secondary N) is 3. The molecule has 6 saturated carbocycles. The number of ether oxygens (including phenoxy) is 2. The van der Waals surface area contributed by atoms with Crippen LogP contribution < -0.4 is 36.9 Å². The molecule has 3 amide bonds. The maximum Gasteiger partial charge on any atom is 0.327 e. The fourth-order valence-electron chi connectivity index (χ4n) is 10.5. The quantitative estimate of drug-likeness (QED) is 0.0777. The van der Waals surface area contributed by atoms with Gasteiger partial charge in [0.25, 0.3) is 0 Å². The van der Waals surface area contributed by atoms with Crippen molar-refractivity contribution in [3.8, 4) is 34.0 Å². The van der Waals surface area contributed by atoms with Crippen molar-refractivity contribution >= 4 is 70.4 Å². The number of urea groups is 1. The van der Waals surface area contributed by atoms with Crippen LogP contribution in [0.3, 0.4) is 0 Å². The van der Waals surface area contributed by atoms with E-state index >= 15 is 0 Å². The number of amides is 3. The molecule has 7 N–H and O–H groups in total. The number of imidazole rings is 1. The Kier molecular flexibility index (Phi) is 13.7. The Morgan fingerprint density at radius 1 is 0.693 bits per heavy atom. The highest BCUT2D eigenvalue weighted by Gasteiger charge is 2.58. The first-order valence-corrected chi connectivity index (χ1v) is 25.6. The van der Waals surface area contributed by atoms with Gasteiger partial charge in [0.1, 0.15) is 31.0 Å². The molecule has 4 bridgehead atoms. The number of halogens is 6. The zero-order chi connectivity index (χ0) is 52.2. The Hall–Kier alpha value is -6.85. The van der Waals surface area contributed by atoms with E-state index in [1.807, 2.05) is 0 Å². The van der Waals surface area contributed by atoms with Crippen LogP contribution in [-0.4, -0.2) is 90.3 Å². The van der Waals surface area contributed by atoms with Gasteiger partial charge in [0.15, 0.2) is 11.6 Å². The maximum absolute atomic E-state index is 13.2. The molecule has 6 aliphatic carbocycles. The molecule has 390 valence electrons. The minimum absolute atomic E-state index is 0.0257. The van der Waals surface area contributed by atoms with Crippen LogP contribution in [0.25, 0.3) is 22.5 Å². The summed E-state index contributed by atoms with van der Waals surface area (Å²) in [6, 6.07) is 6.37. The highest BCUT2D eigenvalue weighted by Crippen LogP contribution is 2.58. The van der Waals surface area contributed by atoms with Gasteiger partial charge in [-0.1, -0.05) is 46.4 Å². The first kappa shape index (κ1) is 50.3. The molecule has 15 rings (SSSR count). The lowest BCUT2D eigenvalue weighted by atomic mass is 9.50. The molecule has 5 aromatic heterocycles. The number of nitrogens with two attached hydrogens (primary N) is 2. The van der Waals surface area contributed by atoms with Crippen molar-refractivity contribution in [3.05, 3.63) is 122 Å². The summed E-state index contributed by atoms with van der Waals surface area (Å²) in [7, 11) is 0. The Labute approximate surface area is 447 Å². The van der Waals surface area contributed by atoms with E-state index in [9.17, 15) is 18.4 Å². The van der Waals surface area contributed by atoms with E-state index in [0.717, 1.165) is 60.3 Å². The number of anilines is 2. The van der Waals surface area contributed by atoms with Crippen molar-refractivity contribution in [2.24, 2.45) is 11.8 Å². The Bertz CT molecular complexity index is 3310. The first-order valence-electron chi connectivity index (χ1n) is 24.1. The zero-order valence-corrected chi connectivity index (χ0v) is 42.9. The van der Waals surface area contributed by atoms with Crippen molar-refractivity contribution in [2.75, 3.05) is 24.7 Å². The molecule has 6 fully saturated rings. The van der Waals surface area contributed by atoms with Crippen molar-refractivity contribution in [2.45, 2.75) is 88.9 Å². The number of rotatable bonds is 12. The largest absolute Gasteiger partial charge is 0.491 e. The van der Waals surface area contributed by atoms with E-state index in [2.05, 4.69) is 51.1 Å². The molecule has 0 atom stereocenters. The summed E-state index contributed by atoms with van der Waals surface area (Å²) in [5, 5.41) is 18.8. The molecule has 2 aromatic carbocycles. The van der Waals surface area contributed by atoms with Gasteiger partial charge in [0.2, 0.25) is 11.9 Å². The number of benzene rings is 2. The normalized spacial score (nSPS) is 20.9. The van der Waals surface area contributed by atoms with Crippen LogP contribution in [0.5, 0.6) is 11.5 Å². The molecule has 2 aliphatic heterocycles. The van der Waals surface area contributed by atoms with Crippen molar-refractivity contribution in [1.29, 1.82) is 0 Å². The van der Waals surface area contributed by atoms with Crippen LogP contribution in [0.1, 0.15) is 61.0 Å². The standard InChI is InChI=1S/C23H22Cl2FN7O2.C17H15Cl2FN6O.C9H11N3O/c24-13-3-16(25)19(18(4-13)35-2-1-33-9-14(26)8-28-33)20-15-10-32(11-17(15)29-21(27)30-20)22(34)31-23-5-12(6-23)7-23;18-9-3-12(19)15(16-11-6-22-7-13(11)24-17(21)25-16)14(4-9)27-2-1-26-8-10(20)5-23-26;13-8(12-2-1-10-6-12)11-9-3-7(4-9)5-9/h3-4,8-9,12H,1-2,5-7,10-11H2,(H,31,34)(H2,27,29,30);3-5,8,22H,1-2,6-7H2,(H2,21,24,25);1-2,6-7H,3-5H2,(H,11,13). The second kappa shape index (κ2) is 20.4. The number of hydrogen-bond acceptors (Lipinski definition) is 14. The van der Waals surface area contributed by atoms with Crippen molar-refractivity contribution in [1.82, 2.24) is 69.9 Å². The SMILES string of the molecule is Nc1nc2c(c(-c3c(Cl)cc(Cl)cc3OCCn3cc(F)cn3)n1)CN(C(=O)NC13CC(C1)C3)C2.Nc1nc2c(c(-c3c(Cl)cc(Cl)cc3OCCn3cc(F)cn3)n1)CNC2.O=C(NC12CC(C1)C2)n1ccnc1. The van der Waals surface area contributed by atoms with Gasteiger partial charge in [0.05, 0.1) is 94.9 Å². The van der Waals surface area contributed by atoms with Crippen LogP contribution >= 0.6 is 46.4 Å². The summed E-state index contributed by atoms with van der Waals surface area (Å²) in [6.45, 7) is 2.97. The topological polar surface area (TPSA) is 249 Å². The monoisotopic (exact) mass is 1100 g/mol. The van der Waals surface area contributed by atoms with Gasteiger partial charge in [-0.05, 0) is 74.6 Å². The Morgan fingerprint density at radius 3 is 1.69 bits per heavy atom. The summed E-state index contributed by atoms with van der Waals surface area (Å²) < 4.78 is 42.5.